The molecule has 0 radical (unpaired) electrons. The first-order valence-electron chi connectivity index (χ1n) is 7.14. The molecule has 5 nitrogen and oxygen atoms in total. The zero-order valence-electron chi connectivity index (χ0n) is 13.2. The third-order valence-electron chi connectivity index (χ3n) is 3.17. The molecule has 10 heteroatoms. The van der Waals surface area contributed by atoms with E-state index in [1.54, 1.807) is 17.5 Å². The van der Waals surface area contributed by atoms with Crippen LogP contribution in [0.2, 0.25) is 0 Å². The molecule has 0 unspecified atom stereocenters. The van der Waals surface area contributed by atoms with Crippen LogP contribution in [-0.4, -0.2) is 32.4 Å². The summed E-state index contributed by atoms with van der Waals surface area (Å²) < 4.78 is 41.7. The lowest BCUT2D eigenvalue weighted by Crippen LogP contribution is -2.44. The zero-order valence-corrected chi connectivity index (χ0v) is 17.2. The van der Waals surface area contributed by atoms with E-state index in [-0.39, 0.29) is 16.3 Å². The van der Waals surface area contributed by atoms with E-state index in [0.717, 1.165) is 11.3 Å². The quantitative estimate of drug-likeness (QED) is 0.621. The van der Waals surface area contributed by atoms with Crippen molar-refractivity contribution in [3.8, 4) is 0 Å². The first-order valence-corrected chi connectivity index (χ1v) is 11.7. The number of carbonyl (C=O) groups is 1. The molecule has 136 valence electrons. The van der Waals surface area contributed by atoms with Gasteiger partial charge in [0.25, 0.3) is 10.0 Å². The summed E-state index contributed by atoms with van der Waals surface area (Å²) in [5, 5.41) is 4.09. The average Bonchev–Trinajstić information content (AvgIpc) is 3.09. The van der Waals surface area contributed by atoms with Crippen molar-refractivity contribution in [1.82, 2.24) is 4.72 Å². The first kappa shape index (κ1) is 20.4. The Morgan fingerprint density at radius 3 is 2.76 bits per heavy atom. The average molecular weight is 467 g/mol. The zero-order chi connectivity index (χ0) is 18.4. The van der Waals surface area contributed by atoms with Crippen molar-refractivity contribution in [2.24, 2.45) is 0 Å². The summed E-state index contributed by atoms with van der Waals surface area (Å²) in [5.41, 5.74) is -0.00215. The number of benzene rings is 1. The highest BCUT2D eigenvalue weighted by molar-refractivity contribution is 9.10. The summed E-state index contributed by atoms with van der Waals surface area (Å²) in [6, 6.07) is 6.31. The van der Waals surface area contributed by atoms with Crippen molar-refractivity contribution in [3.63, 3.8) is 0 Å². The predicted molar refractivity (Wildman–Crippen MR) is 104 cm³/mol. The smallest absolute Gasteiger partial charge is 0.250 e. The molecule has 1 aromatic heterocycles. The predicted octanol–water partition coefficient (Wildman–Crippen LogP) is 3.69. The number of sulfonamides is 1. The molecule has 1 atom stereocenters. The Kier molecular flexibility index (Phi) is 7.44. The summed E-state index contributed by atoms with van der Waals surface area (Å²) >= 11 is 5.69. The summed E-state index contributed by atoms with van der Waals surface area (Å²) in [6.45, 7) is 0. The van der Waals surface area contributed by atoms with Gasteiger partial charge in [0.1, 0.15) is 16.1 Å². The summed E-state index contributed by atoms with van der Waals surface area (Å²) in [4.78, 5) is 12.5. The molecule has 2 rings (SSSR count). The van der Waals surface area contributed by atoms with Gasteiger partial charge in [-0.05, 0) is 48.1 Å². The summed E-state index contributed by atoms with van der Waals surface area (Å²) in [6.07, 6.45) is 2.15. The molecule has 25 heavy (non-hydrogen) atoms. The molecule has 0 aliphatic heterocycles. The van der Waals surface area contributed by atoms with E-state index in [0.29, 0.717) is 10.2 Å². The highest BCUT2D eigenvalue weighted by Gasteiger charge is 2.26. The Balaban J connectivity index is 2.17. The maximum absolute atomic E-state index is 13.9. The maximum Gasteiger partial charge on any atom is 0.250 e. The highest BCUT2D eigenvalue weighted by Crippen LogP contribution is 2.21. The van der Waals surface area contributed by atoms with Gasteiger partial charge in [-0.15, -0.1) is 11.3 Å². The van der Waals surface area contributed by atoms with Gasteiger partial charge in [0, 0.05) is 4.47 Å². The number of amides is 1. The fourth-order valence-corrected chi connectivity index (χ4v) is 5.00. The molecule has 1 heterocycles. The number of hydrogen-bond donors (Lipinski definition) is 2. The summed E-state index contributed by atoms with van der Waals surface area (Å²) in [7, 11) is -3.80. The number of rotatable bonds is 8. The second-order valence-corrected chi connectivity index (χ2v) is 9.79. The van der Waals surface area contributed by atoms with Crippen LogP contribution in [0.4, 0.5) is 10.1 Å². The Labute approximate surface area is 162 Å². The lowest BCUT2D eigenvalue weighted by molar-refractivity contribution is -0.117. The van der Waals surface area contributed by atoms with Gasteiger partial charge in [-0.25, -0.2) is 12.8 Å². The first-order chi connectivity index (χ1) is 11.8. The van der Waals surface area contributed by atoms with Crippen LogP contribution < -0.4 is 10.0 Å². The van der Waals surface area contributed by atoms with Crippen LogP contribution in [0.25, 0.3) is 0 Å². The van der Waals surface area contributed by atoms with Gasteiger partial charge in [0.15, 0.2) is 0 Å². The molecular weight excluding hydrogens is 451 g/mol. The normalized spacial score (nSPS) is 12.8. The number of thiophene rings is 1. The van der Waals surface area contributed by atoms with Crippen molar-refractivity contribution in [2.45, 2.75) is 16.7 Å². The molecule has 0 bridgehead atoms. The van der Waals surface area contributed by atoms with Crippen LogP contribution >= 0.6 is 39.0 Å². The van der Waals surface area contributed by atoms with E-state index in [9.17, 15) is 17.6 Å². The molecule has 0 saturated heterocycles. The second kappa shape index (κ2) is 9.13. The van der Waals surface area contributed by atoms with Gasteiger partial charge >= 0.3 is 0 Å². The van der Waals surface area contributed by atoms with Crippen molar-refractivity contribution < 1.29 is 17.6 Å². The van der Waals surface area contributed by atoms with Gasteiger partial charge in [-0.2, -0.15) is 16.5 Å². The van der Waals surface area contributed by atoms with Crippen LogP contribution in [0.3, 0.4) is 0 Å². The molecule has 0 saturated carbocycles. The van der Waals surface area contributed by atoms with Crippen LogP contribution in [0, 0.1) is 5.82 Å². The van der Waals surface area contributed by atoms with Gasteiger partial charge in [0.2, 0.25) is 5.91 Å². The van der Waals surface area contributed by atoms with Crippen LogP contribution in [0.1, 0.15) is 6.42 Å². The third-order valence-corrected chi connectivity index (χ3v) is 7.18. The number of halogens is 2. The minimum atomic E-state index is -3.80. The number of anilines is 1. The van der Waals surface area contributed by atoms with Crippen LogP contribution in [-0.2, 0) is 14.8 Å². The second-order valence-electron chi connectivity index (χ2n) is 5.00. The maximum atomic E-state index is 13.9. The topological polar surface area (TPSA) is 75.3 Å². The summed E-state index contributed by atoms with van der Waals surface area (Å²) in [5.74, 6) is -0.628. The largest absolute Gasteiger partial charge is 0.322 e. The van der Waals surface area contributed by atoms with Crippen molar-refractivity contribution in [3.05, 3.63) is 46.0 Å². The van der Waals surface area contributed by atoms with Crippen LogP contribution in [0.15, 0.2) is 44.4 Å². The Bertz CT molecular complexity index is 829. The fourth-order valence-electron chi connectivity index (χ4n) is 1.95. The van der Waals surface area contributed by atoms with Gasteiger partial charge in [0.05, 0.1) is 5.69 Å². The van der Waals surface area contributed by atoms with E-state index < -0.39 is 27.8 Å². The number of carbonyl (C=O) groups excluding carboxylic acids is 1. The van der Waals surface area contributed by atoms with Gasteiger partial charge in [-0.1, -0.05) is 22.0 Å². The van der Waals surface area contributed by atoms with E-state index in [2.05, 4.69) is 26.0 Å². The van der Waals surface area contributed by atoms with E-state index >= 15 is 0 Å². The molecule has 1 amide bonds. The minimum Gasteiger partial charge on any atom is -0.322 e. The number of hydrogen-bond acceptors (Lipinski definition) is 5. The number of nitrogens with one attached hydrogen (secondary N) is 2. The van der Waals surface area contributed by atoms with E-state index in [1.165, 1.54) is 30.0 Å². The van der Waals surface area contributed by atoms with Crippen LogP contribution in [0.5, 0.6) is 0 Å². The van der Waals surface area contributed by atoms with Crippen molar-refractivity contribution >= 4 is 60.6 Å². The van der Waals surface area contributed by atoms with E-state index in [4.69, 9.17) is 0 Å². The minimum absolute atomic E-state index is 0.00215. The van der Waals surface area contributed by atoms with E-state index in [1.807, 2.05) is 6.26 Å². The molecular formula is C15H16BrFN2O3S3. The molecule has 0 fully saturated rings. The molecule has 2 aromatic rings. The SMILES string of the molecule is CSCC[C@H](NS(=O)(=O)c1cccs1)C(=O)Nc1ccc(Br)cc1F. The Morgan fingerprint density at radius 2 is 2.16 bits per heavy atom. The molecule has 0 spiro atoms. The molecule has 2 N–H and O–H groups in total. The molecule has 0 aliphatic carbocycles. The fraction of sp³-hybridized carbons (Fsp3) is 0.267. The standard InChI is InChI=1S/C15H16BrFN2O3S3/c1-23-8-6-13(19-25(21,22)14-3-2-7-24-14)15(20)18-12-5-4-10(16)9-11(12)17/h2-5,7,9,13,19H,6,8H2,1H3,(H,18,20)/t13-/m0/s1. The molecule has 0 aliphatic rings. The lowest BCUT2D eigenvalue weighted by Gasteiger charge is -2.18. The Hall–Kier alpha value is -0.940. The molecule has 1 aromatic carbocycles. The Morgan fingerprint density at radius 1 is 1.40 bits per heavy atom. The number of thioether (sulfide) groups is 1. The monoisotopic (exact) mass is 466 g/mol. The van der Waals surface area contributed by atoms with Crippen molar-refractivity contribution in [1.29, 1.82) is 0 Å². The lowest BCUT2D eigenvalue weighted by atomic mass is 10.2. The van der Waals surface area contributed by atoms with Gasteiger partial charge in [-0.3, -0.25) is 4.79 Å². The third kappa shape index (κ3) is 5.78. The highest BCUT2D eigenvalue weighted by atomic mass is 79.9. The van der Waals surface area contributed by atoms with Crippen molar-refractivity contribution in [2.75, 3.05) is 17.3 Å². The van der Waals surface area contributed by atoms with Gasteiger partial charge < -0.3 is 5.32 Å².